The molecule has 2 aromatic heterocycles. The lowest BCUT2D eigenvalue weighted by Gasteiger charge is -2.36. The molecule has 0 bridgehead atoms. The summed E-state index contributed by atoms with van der Waals surface area (Å²) in [6, 6.07) is 7.78. The highest BCUT2D eigenvalue weighted by atomic mass is 19.1. The Hall–Kier alpha value is -4.19. The monoisotopic (exact) mass is 536 g/mol. The Morgan fingerprint density at radius 1 is 1.03 bits per heavy atom. The van der Waals surface area contributed by atoms with Crippen LogP contribution >= 0.6 is 0 Å². The van der Waals surface area contributed by atoms with Crippen molar-refractivity contribution in [3.63, 3.8) is 0 Å². The highest BCUT2D eigenvalue weighted by Gasteiger charge is 2.39. The van der Waals surface area contributed by atoms with Crippen molar-refractivity contribution in [1.29, 1.82) is 0 Å². The highest BCUT2D eigenvalue weighted by molar-refractivity contribution is 5.66. The van der Waals surface area contributed by atoms with Gasteiger partial charge in [0.05, 0.1) is 12.2 Å². The maximum atomic E-state index is 15.7. The fourth-order valence-electron chi connectivity index (χ4n) is 5.62. The maximum Gasteiger partial charge on any atom is 0.350 e. The third kappa shape index (κ3) is 4.54. The van der Waals surface area contributed by atoms with Crippen molar-refractivity contribution in [1.82, 2.24) is 29.2 Å². The largest absolute Gasteiger partial charge is 0.383 e. The lowest BCUT2D eigenvalue weighted by molar-refractivity contribution is 0.250. The van der Waals surface area contributed by atoms with E-state index in [4.69, 9.17) is 5.73 Å². The zero-order valence-electron chi connectivity index (χ0n) is 21.3. The molecule has 4 heterocycles. The average Bonchev–Trinajstić information content (AvgIpc) is 3.48. The van der Waals surface area contributed by atoms with E-state index < -0.39 is 23.1 Å². The van der Waals surface area contributed by atoms with Crippen LogP contribution in [0.1, 0.15) is 35.4 Å². The Labute approximate surface area is 222 Å². The first-order valence-electron chi connectivity index (χ1n) is 12.7. The number of hydrogen-bond acceptors (Lipinski definition) is 7. The van der Waals surface area contributed by atoms with Gasteiger partial charge in [0, 0.05) is 35.7 Å². The molecule has 0 saturated carbocycles. The van der Waals surface area contributed by atoms with Gasteiger partial charge < -0.3 is 15.5 Å². The molecule has 202 valence electrons. The number of hydrogen-bond donors (Lipinski definition) is 1. The number of nitrogens with zero attached hydrogens (tertiary/aromatic N) is 7. The van der Waals surface area contributed by atoms with Gasteiger partial charge in [0.15, 0.2) is 0 Å². The van der Waals surface area contributed by atoms with Crippen molar-refractivity contribution in [2.75, 3.05) is 37.3 Å². The molecule has 4 aromatic rings. The van der Waals surface area contributed by atoms with Crippen LogP contribution < -0.4 is 16.3 Å². The van der Waals surface area contributed by atoms with Crippen molar-refractivity contribution in [2.45, 2.75) is 31.3 Å². The summed E-state index contributed by atoms with van der Waals surface area (Å²) in [5, 5.41) is 4.06. The van der Waals surface area contributed by atoms with E-state index in [1.807, 2.05) is 0 Å². The summed E-state index contributed by atoms with van der Waals surface area (Å²) in [6.07, 6.45) is 4.60. The average molecular weight is 537 g/mol. The van der Waals surface area contributed by atoms with E-state index in [2.05, 4.69) is 31.9 Å². The van der Waals surface area contributed by atoms with Gasteiger partial charge in [-0.25, -0.2) is 27.9 Å². The fraction of sp³-hybridized carbons (Fsp3) is 0.333. The lowest BCUT2D eigenvalue weighted by atomic mass is 9.93. The first-order chi connectivity index (χ1) is 18.8. The predicted molar refractivity (Wildman–Crippen MR) is 139 cm³/mol. The number of nitrogen functional groups attached to an aromatic ring is 1. The molecule has 9 nitrogen and oxygen atoms in total. The summed E-state index contributed by atoms with van der Waals surface area (Å²) in [7, 11) is 2.10. The molecule has 1 unspecified atom stereocenters. The molecule has 6 rings (SSSR count). The summed E-state index contributed by atoms with van der Waals surface area (Å²) in [6.45, 7) is 2.25. The van der Waals surface area contributed by atoms with Crippen LogP contribution in [0, 0.1) is 17.5 Å². The molecule has 0 spiro atoms. The molecule has 1 atom stereocenters. The Kier molecular flexibility index (Phi) is 6.34. The smallest absolute Gasteiger partial charge is 0.350 e. The summed E-state index contributed by atoms with van der Waals surface area (Å²) in [4.78, 5) is 26.2. The molecular weight excluding hydrogens is 509 g/mol. The second-order valence-electron chi connectivity index (χ2n) is 10.1. The SMILES string of the molecule is CN1CCC(N2CC(c3ccc(-n4ncn(Cc5cc(F)ccc5F)c4=O)cc3F)c3c(N)ncnc32)CC1. The summed E-state index contributed by atoms with van der Waals surface area (Å²) in [5.41, 5.74) is 7.01. The van der Waals surface area contributed by atoms with Crippen molar-refractivity contribution in [3.05, 3.63) is 93.7 Å². The van der Waals surface area contributed by atoms with Crippen molar-refractivity contribution >= 4 is 11.6 Å². The number of nitrogens with two attached hydrogens (primary N) is 1. The lowest BCUT2D eigenvalue weighted by Crippen LogP contribution is -2.43. The first-order valence-corrected chi connectivity index (χ1v) is 12.7. The first kappa shape index (κ1) is 25.1. The van der Waals surface area contributed by atoms with E-state index >= 15 is 4.39 Å². The van der Waals surface area contributed by atoms with Crippen LogP contribution in [-0.2, 0) is 6.54 Å². The van der Waals surface area contributed by atoms with Gasteiger partial charge in [-0.05, 0) is 62.8 Å². The topological polar surface area (TPSA) is 98.1 Å². The number of fused-ring (bicyclic) bond motifs is 1. The normalized spacial score (nSPS) is 18.1. The number of anilines is 2. The molecular formula is C27H27F3N8O. The standard InChI is InChI=1S/C27H27F3N8O/c1-35-8-6-18(7-9-35)37-13-21(24-25(31)32-14-33-26(24)37)20-4-3-19(11-23(20)30)38-27(39)36(15-34-38)12-16-10-17(28)2-5-22(16)29/h2-5,10-11,14-15,18,21H,6-9,12-13H2,1H3,(H2,31,32,33). The van der Waals surface area contributed by atoms with Gasteiger partial charge in [0.2, 0.25) is 0 Å². The number of benzene rings is 2. The van der Waals surface area contributed by atoms with Crippen LogP contribution in [0.3, 0.4) is 0 Å². The number of piperidine rings is 1. The van der Waals surface area contributed by atoms with Crippen LogP contribution in [0.2, 0.25) is 0 Å². The Bertz CT molecular complexity index is 1590. The van der Waals surface area contributed by atoms with E-state index in [1.54, 1.807) is 12.1 Å². The number of rotatable bonds is 5. The van der Waals surface area contributed by atoms with E-state index in [0.29, 0.717) is 23.5 Å². The summed E-state index contributed by atoms with van der Waals surface area (Å²) in [5.74, 6) is -1.08. The van der Waals surface area contributed by atoms with Gasteiger partial charge in [0.1, 0.15) is 41.7 Å². The predicted octanol–water partition coefficient (Wildman–Crippen LogP) is 2.92. The minimum Gasteiger partial charge on any atom is -0.383 e. The highest BCUT2D eigenvalue weighted by Crippen LogP contribution is 2.44. The maximum absolute atomic E-state index is 15.7. The fourth-order valence-corrected chi connectivity index (χ4v) is 5.62. The quantitative estimate of drug-likeness (QED) is 0.419. The van der Waals surface area contributed by atoms with Gasteiger partial charge in [-0.1, -0.05) is 6.07 Å². The van der Waals surface area contributed by atoms with E-state index in [-0.39, 0.29) is 29.8 Å². The van der Waals surface area contributed by atoms with Gasteiger partial charge >= 0.3 is 5.69 Å². The number of aromatic nitrogens is 5. The summed E-state index contributed by atoms with van der Waals surface area (Å²) >= 11 is 0. The van der Waals surface area contributed by atoms with E-state index in [1.165, 1.54) is 18.7 Å². The molecule has 0 aliphatic carbocycles. The summed E-state index contributed by atoms with van der Waals surface area (Å²) < 4.78 is 45.5. The molecule has 2 N–H and O–H groups in total. The zero-order chi connectivity index (χ0) is 27.3. The minimum absolute atomic E-state index is 0.00653. The zero-order valence-corrected chi connectivity index (χ0v) is 21.3. The molecule has 0 amide bonds. The number of likely N-dealkylation sites (tertiary alicyclic amines) is 1. The third-order valence-electron chi connectivity index (χ3n) is 7.71. The second-order valence-corrected chi connectivity index (χ2v) is 10.1. The van der Waals surface area contributed by atoms with Crippen LogP contribution in [0.25, 0.3) is 5.69 Å². The molecule has 0 radical (unpaired) electrons. The molecule has 1 saturated heterocycles. The van der Waals surface area contributed by atoms with Gasteiger partial charge in [-0.2, -0.15) is 9.78 Å². The van der Waals surface area contributed by atoms with Crippen LogP contribution in [0.5, 0.6) is 0 Å². The third-order valence-corrected chi connectivity index (χ3v) is 7.71. The second kappa shape index (κ2) is 9.84. The molecule has 2 aromatic carbocycles. The molecule has 39 heavy (non-hydrogen) atoms. The molecule has 2 aliphatic rings. The Morgan fingerprint density at radius 3 is 2.59 bits per heavy atom. The van der Waals surface area contributed by atoms with E-state index in [0.717, 1.165) is 59.2 Å². The van der Waals surface area contributed by atoms with Crippen molar-refractivity contribution in [3.8, 4) is 5.69 Å². The van der Waals surface area contributed by atoms with E-state index in [9.17, 15) is 13.6 Å². The molecule has 1 fully saturated rings. The molecule has 12 heteroatoms. The Morgan fingerprint density at radius 2 is 1.82 bits per heavy atom. The van der Waals surface area contributed by atoms with Gasteiger partial charge in [-0.3, -0.25) is 4.57 Å². The molecule has 2 aliphatic heterocycles. The van der Waals surface area contributed by atoms with Crippen LogP contribution in [0.4, 0.5) is 24.8 Å². The van der Waals surface area contributed by atoms with Crippen LogP contribution in [0.15, 0.2) is 53.8 Å². The van der Waals surface area contributed by atoms with Crippen molar-refractivity contribution in [2.24, 2.45) is 0 Å². The van der Waals surface area contributed by atoms with Crippen molar-refractivity contribution < 1.29 is 13.2 Å². The number of halogens is 3. The van der Waals surface area contributed by atoms with Gasteiger partial charge in [0.25, 0.3) is 0 Å². The minimum atomic E-state index is -0.638. The van der Waals surface area contributed by atoms with Crippen LogP contribution in [-0.4, -0.2) is 61.9 Å². The Balaban J connectivity index is 1.29. The van der Waals surface area contributed by atoms with Gasteiger partial charge in [-0.15, -0.1) is 0 Å².